The van der Waals surface area contributed by atoms with Crippen LogP contribution in [0.15, 0.2) is 42.5 Å². The van der Waals surface area contributed by atoms with Gasteiger partial charge in [0.05, 0.1) is 11.0 Å². The Hall–Kier alpha value is -3.07. The smallest absolute Gasteiger partial charge is 0.240 e. The third-order valence-corrected chi connectivity index (χ3v) is 5.14. The fourth-order valence-corrected chi connectivity index (χ4v) is 3.79. The highest BCUT2D eigenvalue weighted by Gasteiger charge is 2.18. The van der Waals surface area contributed by atoms with Crippen molar-refractivity contribution in [3.05, 3.63) is 53.9 Å². The number of imidazole rings is 1. The van der Waals surface area contributed by atoms with Crippen LogP contribution in [0.1, 0.15) is 11.4 Å². The van der Waals surface area contributed by atoms with Crippen LogP contribution < -0.4 is 14.8 Å². The molecule has 1 aliphatic rings. The highest BCUT2D eigenvalue weighted by atomic mass is 32.2. The van der Waals surface area contributed by atoms with Crippen LogP contribution in [0.5, 0.6) is 11.5 Å². The fraction of sp³-hybridized carbons (Fsp3) is 0.263. The molecule has 146 valence electrons. The number of benzene rings is 2. The monoisotopic (exact) mass is 401 g/mol. The van der Waals surface area contributed by atoms with Crippen LogP contribution in [0.3, 0.4) is 0 Å². The van der Waals surface area contributed by atoms with Crippen LogP contribution in [0.2, 0.25) is 0 Å². The zero-order chi connectivity index (χ0) is 19.7. The number of aromatic nitrogens is 2. The summed E-state index contributed by atoms with van der Waals surface area (Å²) < 4.78 is 35.7. The Morgan fingerprint density at radius 2 is 1.96 bits per heavy atom. The molecule has 3 aromatic rings. The molecule has 2 heterocycles. The molecule has 0 aliphatic carbocycles. The van der Waals surface area contributed by atoms with Crippen molar-refractivity contribution >= 4 is 26.8 Å². The molecular weight excluding hydrogens is 382 g/mol. The highest BCUT2D eigenvalue weighted by Crippen LogP contribution is 2.32. The molecule has 9 heteroatoms. The molecule has 1 N–H and O–H groups in total. The maximum absolute atomic E-state index is 12.5. The number of rotatable bonds is 6. The van der Waals surface area contributed by atoms with Crippen LogP contribution in [-0.4, -0.2) is 36.9 Å². The lowest BCUT2D eigenvalue weighted by molar-refractivity contribution is -0.121. The van der Waals surface area contributed by atoms with E-state index in [0.29, 0.717) is 29.4 Å². The number of hydrogen-bond acceptors (Lipinski definition) is 6. The predicted octanol–water partition coefficient (Wildman–Crippen LogP) is 1.63. The van der Waals surface area contributed by atoms with Gasteiger partial charge in [-0.1, -0.05) is 18.2 Å². The Morgan fingerprint density at radius 3 is 2.79 bits per heavy atom. The van der Waals surface area contributed by atoms with E-state index in [9.17, 15) is 13.2 Å². The normalized spacial score (nSPS) is 13.0. The number of nitrogens with zero attached hydrogens (tertiary/aromatic N) is 2. The number of fused-ring (bicyclic) bond motifs is 2. The number of nitrogens with one attached hydrogen (secondary N) is 1. The summed E-state index contributed by atoms with van der Waals surface area (Å²) in [5.74, 6) is 1.22. The van der Waals surface area contributed by atoms with Crippen molar-refractivity contribution in [3.8, 4) is 11.5 Å². The van der Waals surface area contributed by atoms with Gasteiger partial charge in [-0.15, -0.1) is 0 Å². The van der Waals surface area contributed by atoms with Crippen molar-refractivity contribution in [3.63, 3.8) is 0 Å². The minimum atomic E-state index is -3.29. The molecule has 2 aromatic carbocycles. The van der Waals surface area contributed by atoms with Crippen molar-refractivity contribution in [1.29, 1.82) is 0 Å². The molecule has 1 amide bonds. The first kappa shape index (κ1) is 18.3. The first-order valence-corrected chi connectivity index (χ1v) is 10.7. The van der Waals surface area contributed by atoms with Crippen molar-refractivity contribution in [2.75, 3.05) is 13.0 Å². The van der Waals surface area contributed by atoms with E-state index in [4.69, 9.17) is 9.47 Å². The van der Waals surface area contributed by atoms with Gasteiger partial charge in [0.15, 0.2) is 21.3 Å². The van der Waals surface area contributed by atoms with E-state index in [1.54, 1.807) is 16.7 Å². The molecule has 28 heavy (non-hydrogen) atoms. The molecule has 0 saturated carbocycles. The van der Waals surface area contributed by atoms with Gasteiger partial charge in [-0.3, -0.25) is 4.79 Å². The van der Waals surface area contributed by atoms with Crippen molar-refractivity contribution < 1.29 is 22.7 Å². The van der Waals surface area contributed by atoms with E-state index in [1.165, 1.54) is 0 Å². The number of amides is 1. The Labute approximate surface area is 162 Å². The maximum atomic E-state index is 12.5. The van der Waals surface area contributed by atoms with Crippen LogP contribution in [-0.2, 0) is 33.5 Å². The summed E-state index contributed by atoms with van der Waals surface area (Å²) in [4.78, 5) is 16.9. The van der Waals surface area contributed by atoms with Gasteiger partial charge in [0.2, 0.25) is 12.7 Å². The van der Waals surface area contributed by atoms with Crippen molar-refractivity contribution in [1.82, 2.24) is 14.9 Å². The summed E-state index contributed by atoms with van der Waals surface area (Å²) >= 11 is 0. The Morgan fingerprint density at radius 1 is 1.18 bits per heavy atom. The van der Waals surface area contributed by atoms with E-state index >= 15 is 0 Å². The largest absolute Gasteiger partial charge is 0.454 e. The number of sulfone groups is 1. The molecule has 4 rings (SSSR count). The molecule has 0 radical (unpaired) electrons. The maximum Gasteiger partial charge on any atom is 0.240 e. The summed E-state index contributed by atoms with van der Waals surface area (Å²) in [5.41, 5.74) is 2.26. The first-order valence-electron chi connectivity index (χ1n) is 8.66. The molecule has 0 spiro atoms. The molecule has 0 unspecified atom stereocenters. The summed E-state index contributed by atoms with van der Waals surface area (Å²) in [7, 11) is -3.29. The average molecular weight is 401 g/mol. The van der Waals surface area contributed by atoms with Gasteiger partial charge < -0.3 is 19.4 Å². The molecule has 1 aliphatic heterocycles. The van der Waals surface area contributed by atoms with Gasteiger partial charge in [-0.25, -0.2) is 13.4 Å². The fourth-order valence-electron chi connectivity index (χ4n) is 3.10. The van der Waals surface area contributed by atoms with Gasteiger partial charge >= 0.3 is 0 Å². The van der Waals surface area contributed by atoms with E-state index in [1.807, 2.05) is 30.3 Å². The Kier molecular flexibility index (Phi) is 4.68. The van der Waals surface area contributed by atoms with Crippen LogP contribution >= 0.6 is 0 Å². The number of hydrogen-bond donors (Lipinski definition) is 1. The molecule has 0 bridgehead atoms. The van der Waals surface area contributed by atoms with Crippen LogP contribution in [0.25, 0.3) is 11.0 Å². The lowest BCUT2D eigenvalue weighted by atomic mass is 10.2. The Balaban J connectivity index is 1.50. The van der Waals surface area contributed by atoms with Gasteiger partial charge in [0, 0.05) is 12.8 Å². The molecule has 0 saturated heterocycles. The zero-order valence-electron chi connectivity index (χ0n) is 15.2. The summed E-state index contributed by atoms with van der Waals surface area (Å²) in [5, 5.41) is 2.85. The van der Waals surface area contributed by atoms with Crippen molar-refractivity contribution in [2.24, 2.45) is 0 Å². The molecule has 0 atom stereocenters. The topological polar surface area (TPSA) is 99.5 Å². The van der Waals surface area contributed by atoms with Gasteiger partial charge in [-0.05, 0) is 29.8 Å². The Bertz CT molecular complexity index is 1150. The quantitative estimate of drug-likeness (QED) is 0.674. The van der Waals surface area contributed by atoms with E-state index in [0.717, 1.165) is 17.3 Å². The summed E-state index contributed by atoms with van der Waals surface area (Å²) in [6, 6.07) is 12.7. The first-order chi connectivity index (χ1) is 13.4. The van der Waals surface area contributed by atoms with E-state index in [-0.39, 0.29) is 25.0 Å². The summed E-state index contributed by atoms with van der Waals surface area (Å²) in [6.45, 7) is 0.501. The standard InChI is InChI=1S/C19H19N3O5S/c1-28(24,25)11-18-21-14-4-2-3-5-15(14)22(18)10-19(23)20-9-13-6-7-16-17(8-13)27-12-26-16/h2-8H,9-12H2,1H3,(H,20,23). The van der Waals surface area contributed by atoms with Crippen LogP contribution in [0.4, 0.5) is 0 Å². The van der Waals surface area contributed by atoms with Gasteiger partial charge in [-0.2, -0.15) is 0 Å². The third kappa shape index (κ3) is 3.94. The van der Waals surface area contributed by atoms with Gasteiger partial charge in [0.1, 0.15) is 18.1 Å². The molecule has 1 aromatic heterocycles. The highest BCUT2D eigenvalue weighted by molar-refractivity contribution is 7.89. The minimum Gasteiger partial charge on any atom is -0.454 e. The zero-order valence-corrected chi connectivity index (χ0v) is 16.0. The number of carbonyl (C=O) groups is 1. The third-order valence-electron chi connectivity index (χ3n) is 4.35. The van der Waals surface area contributed by atoms with Crippen LogP contribution in [0, 0.1) is 0 Å². The van der Waals surface area contributed by atoms with E-state index < -0.39 is 9.84 Å². The molecule has 0 fully saturated rings. The average Bonchev–Trinajstić information content (AvgIpc) is 3.23. The second-order valence-corrected chi connectivity index (χ2v) is 8.78. The minimum absolute atomic E-state index is 0.0179. The van der Waals surface area contributed by atoms with Crippen molar-refractivity contribution in [2.45, 2.75) is 18.8 Å². The number of para-hydroxylation sites is 2. The molecular formula is C19H19N3O5S. The SMILES string of the molecule is CS(=O)(=O)Cc1nc2ccccc2n1CC(=O)NCc1ccc2c(c1)OCO2. The number of ether oxygens (including phenoxy) is 2. The molecule has 8 nitrogen and oxygen atoms in total. The van der Waals surface area contributed by atoms with Gasteiger partial charge in [0.25, 0.3) is 0 Å². The van der Waals surface area contributed by atoms with E-state index in [2.05, 4.69) is 10.3 Å². The lowest BCUT2D eigenvalue weighted by Gasteiger charge is -2.10. The summed E-state index contributed by atoms with van der Waals surface area (Å²) in [6.07, 6.45) is 1.15. The number of carbonyl (C=O) groups excluding carboxylic acids is 1. The lowest BCUT2D eigenvalue weighted by Crippen LogP contribution is -2.28. The predicted molar refractivity (Wildman–Crippen MR) is 103 cm³/mol. The second-order valence-electron chi connectivity index (χ2n) is 6.64. The second kappa shape index (κ2) is 7.16.